The molecule has 1 aliphatic heterocycles. The summed E-state index contributed by atoms with van der Waals surface area (Å²) in [6.45, 7) is 5.25. The molecule has 2 aliphatic rings. The summed E-state index contributed by atoms with van der Waals surface area (Å²) in [6, 6.07) is 5.70. The van der Waals surface area contributed by atoms with Crippen molar-refractivity contribution in [3.8, 4) is 0 Å². The van der Waals surface area contributed by atoms with Crippen LogP contribution in [0.1, 0.15) is 43.2 Å². The molecule has 2 atom stereocenters. The smallest absolute Gasteiger partial charge is 0.207 e. The number of sulfonamides is 1. The Morgan fingerprint density at radius 1 is 1.05 bits per heavy atom. The molecule has 0 amide bonds. The van der Waals surface area contributed by atoms with Crippen molar-refractivity contribution in [2.24, 2.45) is 11.8 Å². The highest BCUT2D eigenvalue weighted by Crippen LogP contribution is 2.38. The van der Waals surface area contributed by atoms with Crippen LogP contribution in [0, 0.1) is 25.7 Å². The molecule has 0 spiro atoms. The minimum atomic E-state index is -3.33. The first-order chi connectivity index (χ1) is 9.98. The molecule has 21 heavy (non-hydrogen) atoms. The SMILES string of the molecule is Cc1ccc(C)c(S(=O)(=O)N2CC[C@@H]3CCCC[C@@H]3C2)c1. The average molecular weight is 307 g/mol. The molecule has 1 saturated heterocycles. The van der Waals surface area contributed by atoms with E-state index >= 15 is 0 Å². The number of piperidine rings is 1. The third-order valence-corrected chi connectivity index (χ3v) is 7.22. The van der Waals surface area contributed by atoms with E-state index in [0.717, 1.165) is 30.0 Å². The Hall–Kier alpha value is -0.870. The highest BCUT2D eigenvalue weighted by Gasteiger charge is 2.36. The van der Waals surface area contributed by atoms with E-state index in [1.807, 2.05) is 32.0 Å². The molecule has 0 bridgehead atoms. The fourth-order valence-electron chi connectivity index (χ4n) is 3.91. The van der Waals surface area contributed by atoms with Crippen LogP contribution in [0.4, 0.5) is 0 Å². The van der Waals surface area contributed by atoms with Crippen molar-refractivity contribution >= 4 is 10.0 Å². The number of hydrogen-bond donors (Lipinski definition) is 0. The van der Waals surface area contributed by atoms with E-state index in [-0.39, 0.29) is 0 Å². The van der Waals surface area contributed by atoms with E-state index in [1.54, 1.807) is 4.31 Å². The van der Waals surface area contributed by atoms with Gasteiger partial charge in [0.05, 0.1) is 4.90 Å². The maximum atomic E-state index is 13.0. The van der Waals surface area contributed by atoms with Crippen molar-refractivity contribution in [2.75, 3.05) is 13.1 Å². The van der Waals surface area contributed by atoms with Gasteiger partial charge < -0.3 is 0 Å². The Kier molecular flexibility index (Phi) is 4.10. The Labute approximate surface area is 128 Å². The lowest BCUT2D eigenvalue weighted by atomic mass is 9.76. The van der Waals surface area contributed by atoms with E-state index in [1.165, 1.54) is 25.7 Å². The molecular weight excluding hydrogens is 282 g/mol. The third-order valence-electron chi connectivity index (χ3n) is 5.22. The van der Waals surface area contributed by atoms with Crippen molar-refractivity contribution in [1.82, 2.24) is 4.31 Å². The van der Waals surface area contributed by atoms with Gasteiger partial charge in [-0.1, -0.05) is 31.4 Å². The summed E-state index contributed by atoms with van der Waals surface area (Å²) in [6.07, 6.45) is 6.11. The molecule has 1 aliphatic carbocycles. The molecule has 2 fully saturated rings. The molecule has 1 aromatic carbocycles. The molecule has 0 unspecified atom stereocenters. The largest absolute Gasteiger partial charge is 0.243 e. The maximum absolute atomic E-state index is 13.0. The second-order valence-corrected chi connectivity index (χ2v) is 8.63. The van der Waals surface area contributed by atoms with E-state index in [0.29, 0.717) is 17.4 Å². The van der Waals surface area contributed by atoms with Crippen molar-refractivity contribution in [3.05, 3.63) is 29.3 Å². The highest BCUT2D eigenvalue weighted by atomic mass is 32.2. The summed E-state index contributed by atoms with van der Waals surface area (Å²) in [4.78, 5) is 0.497. The van der Waals surface area contributed by atoms with Crippen LogP contribution >= 0.6 is 0 Å². The Morgan fingerprint density at radius 2 is 1.76 bits per heavy atom. The Bertz CT molecular complexity index is 624. The zero-order valence-corrected chi connectivity index (χ0v) is 13.8. The molecule has 1 heterocycles. The van der Waals surface area contributed by atoms with E-state index < -0.39 is 10.0 Å². The van der Waals surface area contributed by atoms with E-state index in [4.69, 9.17) is 0 Å². The molecule has 1 saturated carbocycles. The van der Waals surface area contributed by atoms with Crippen molar-refractivity contribution in [2.45, 2.75) is 50.8 Å². The summed E-state index contributed by atoms with van der Waals surface area (Å²) >= 11 is 0. The highest BCUT2D eigenvalue weighted by molar-refractivity contribution is 7.89. The van der Waals surface area contributed by atoms with Crippen molar-refractivity contribution in [3.63, 3.8) is 0 Å². The van der Waals surface area contributed by atoms with Crippen molar-refractivity contribution < 1.29 is 8.42 Å². The first-order valence-electron chi connectivity index (χ1n) is 8.06. The molecule has 3 nitrogen and oxygen atoms in total. The maximum Gasteiger partial charge on any atom is 0.243 e. The average Bonchev–Trinajstić information content (AvgIpc) is 2.49. The fraction of sp³-hybridized carbons (Fsp3) is 0.647. The molecule has 0 N–H and O–H groups in total. The molecule has 116 valence electrons. The van der Waals surface area contributed by atoms with Crippen LogP contribution in [0.3, 0.4) is 0 Å². The minimum Gasteiger partial charge on any atom is -0.207 e. The van der Waals surface area contributed by atoms with Crippen LogP contribution in [-0.2, 0) is 10.0 Å². The number of fused-ring (bicyclic) bond motifs is 1. The number of rotatable bonds is 2. The van der Waals surface area contributed by atoms with Crippen LogP contribution < -0.4 is 0 Å². The zero-order chi connectivity index (χ0) is 15.0. The standard InChI is InChI=1S/C17H25NO2S/c1-13-7-8-14(2)17(11-13)21(19,20)18-10-9-15-5-3-4-6-16(15)12-18/h7-8,11,15-16H,3-6,9-10,12H2,1-2H3/t15-,16+/m0/s1. The number of benzene rings is 1. The van der Waals surface area contributed by atoms with Gasteiger partial charge in [0.1, 0.15) is 0 Å². The quantitative estimate of drug-likeness (QED) is 0.838. The second kappa shape index (κ2) is 5.73. The molecule has 0 aromatic heterocycles. The van der Waals surface area contributed by atoms with Crippen LogP contribution in [0.15, 0.2) is 23.1 Å². The van der Waals surface area contributed by atoms with E-state index in [9.17, 15) is 8.42 Å². The van der Waals surface area contributed by atoms with Crippen LogP contribution in [0.25, 0.3) is 0 Å². The lowest BCUT2D eigenvalue weighted by molar-refractivity contribution is 0.136. The molecular formula is C17H25NO2S. The van der Waals surface area contributed by atoms with Crippen LogP contribution in [-0.4, -0.2) is 25.8 Å². The number of aryl methyl sites for hydroxylation is 2. The van der Waals surface area contributed by atoms with Gasteiger partial charge >= 0.3 is 0 Å². The normalized spacial score (nSPS) is 27.3. The Morgan fingerprint density at radius 3 is 2.52 bits per heavy atom. The summed E-state index contributed by atoms with van der Waals surface area (Å²) < 4.78 is 27.7. The topological polar surface area (TPSA) is 37.4 Å². The summed E-state index contributed by atoms with van der Waals surface area (Å²) in [5, 5.41) is 0. The van der Waals surface area contributed by atoms with Crippen LogP contribution in [0.5, 0.6) is 0 Å². The Balaban J connectivity index is 1.86. The predicted octanol–water partition coefficient (Wildman–Crippen LogP) is 3.50. The molecule has 1 aromatic rings. The van der Waals surface area contributed by atoms with Gasteiger partial charge in [0.2, 0.25) is 10.0 Å². The monoisotopic (exact) mass is 307 g/mol. The molecule has 0 radical (unpaired) electrons. The van der Waals surface area contributed by atoms with Gasteiger partial charge in [0.25, 0.3) is 0 Å². The lowest BCUT2D eigenvalue weighted by Gasteiger charge is -2.40. The van der Waals surface area contributed by atoms with Gasteiger partial charge in [-0.15, -0.1) is 0 Å². The summed E-state index contributed by atoms with van der Waals surface area (Å²) in [5.74, 6) is 1.33. The fourth-order valence-corrected chi connectivity index (χ4v) is 5.73. The van der Waals surface area contributed by atoms with E-state index in [2.05, 4.69) is 0 Å². The first kappa shape index (κ1) is 15.0. The van der Waals surface area contributed by atoms with Crippen LogP contribution in [0.2, 0.25) is 0 Å². The third kappa shape index (κ3) is 2.88. The number of nitrogens with zero attached hydrogens (tertiary/aromatic N) is 1. The molecule has 4 heteroatoms. The van der Waals surface area contributed by atoms with Gasteiger partial charge in [-0.05, 0) is 55.7 Å². The van der Waals surface area contributed by atoms with Gasteiger partial charge in [0, 0.05) is 13.1 Å². The van der Waals surface area contributed by atoms with Gasteiger partial charge in [0.15, 0.2) is 0 Å². The van der Waals surface area contributed by atoms with Crippen molar-refractivity contribution in [1.29, 1.82) is 0 Å². The first-order valence-corrected chi connectivity index (χ1v) is 9.50. The zero-order valence-electron chi connectivity index (χ0n) is 13.0. The summed E-state index contributed by atoms with van der Waals surface area (Å²) in [7, 11) is -3.33. The van der Waals surface area contributed by atoms with Gasteiger partial charge in [-0.3, -0.25) is 0 Å². The summed E-state index contributed by atoms with van der Waals surface area (Å²) in [5.41, 5.74) is 1.86. The second-order valence-electron chi connectivity index (χ2n) is 6.73. The lowest BCUT2D eigenvalue weighted by Crippen LogP contribution is -2.44. The number of hydrogen-bond acceptors (Lipinski definition) is 2. The predicted molar refractivity (Wildman–Crippen MR) is 84.7 cm³/mol. The van der Waals surface area contributed by atoms with Gasteiger partial charge in [-0.25, -0.2) is 8.42 Å². The van der Waals surface area contributed by atoms with Gasteiger partial charge in [-0.2, -0.15) is 4.31 Å². The molecule has 3 rings (SSSR count). The minimum absolute atomic E-state index is 0.497.